The number of aromatic nitrogens is 1. The van der Waals surface area contributed by atoms with Gasteiger partial charge < -0.3 is 9.73 Å². The molecule has 0 atom stereocenters. The summed E-state index contributed by atoms with van der Waals surface area (Å²) < 4.78 is 5.74. The van der Waals surface area contributed by atoms with Crippen LogP contribution in [0.4, 0.5) is 0 Å². The highest BCUT2D eigenvalue weighted by Crippen LogP contribution is 2.20. The van der Waals surface area contributed by atoms with Gasteiger partial charge in [-0.05, 0) is 45.9 Å². The van der Waals surface area contributed by atoms with Crippen molar-refractivity contribution in [2.24, 2.45) is 0 Å². The number of pyridine rings is 1. The Morgan fingerprint density at radius 1 is 1.17 bits per heavy atom. The summed E-state index contributed by atoms with van der Waals surface area (Å²) in [5, 5.41) is 3.64. The van der Waals surface area contributed by atoms with Crippen molar-refractivity contribution < 1.29 is 9.21 Å². The summed E-state index contributed by atoms with van der Waals surface area (Å²) in [5.74, 6) is -0.240. The van der Waals surface area contributed by atoms with Crippen LogP contribution in [0.5, 0.6) is 0 Å². The molecule has 0 radical (unpaired) electrons. The summed E-state index contributed by atoms with van der Waals surface area (Å²) in [4.78, 5) is 29.3. The Morgan fingerprint density at radius 3 is 2.61 bits per heavy atom. The number of carbonyl (C=O) groups is 1. The van der Waals surface area contributed by atoms with Gasteiger partial charge in [-0.15, -0.1) is 0 Å². The topological polar surface area (TPSA) is 72.2 Å². The summed E-state index contributed by atoms with van der Waals surface area (Å²) >= 11 is 0. The molecule has 2 heterocycles. The molecule has 5 nitrogen and oxygen atoms in total. The standard InChI is InChI=1S/C18H18N2O3/c1-9(2)19-17(22)12-8-14-16(21)13-7-10(3)5-6-15(13)23-18(14)20-11(12)4/h5-9H,1-4H3,(H,19,22). The number of amides is 1. The van der Waals surface area contributed by atoms with E-state index in [-0.39, 0.29) is 23.1 Å². The summed E-state index contributed by atoms with van der Waals surface area (Å²) in [7, 11) is 0. The van der Waals surface area contributed by atoms with Gasteiger partial charge in [0.1, 0.15) is 5.58 Å². The molecule has 1 N–H and O–H groups in total. The first kappa shape index (κ1) is 15.2. The van der Waals surface area contributed by atoms with Crippen LogP contribution in [-0.4, -0.2) is 16.9 Å². The number of nitrogens with one attached hydrogen (secondary N) is 1. The number of fused-ring (bicyclic) bond motifs is 2. The van der Waals surface area contributed by atoms with Gasteiger partial charge in [0.2, 0.25) is 11.1 Å². The van der Waals surface area contributed by atoms with Crippen molar-refractivity contribution in [2.45, 2.75) is 33.7 Å². The predicted molar refractivity (Wildman–Crippen MR) is 89.9 cm³/mol. The van der Waals surface area contributed by atoms with Gasteiger partial charge in [-0.25, -0.2) is 4.98 Å². The Morgan fingerprint density at radius 2 is 1.91 bits per heavy atom. The minimum atomic E-state index is -0.240. The fourth-order valence-electron chi connectivity index (χ4n) is 2.55. The zero-order valence-corrected chi connectivity index (χ0v) is 13.6. The SMILES string of the molecule is Cc1ccc2oc3nc(C)c(C(=O)NC(C)C)cc3c(=O)c2c1. The monoisotopic (exact) mass is 310 g/mol. The van der Waals surface area contributed by atoms with Crippen molar-refractivity contribution >= 4 is 28.0 Å². The van der Waals surface area contributed by atoms with E-state index in [2.05, 4.69) is 10.3 Å². The first-order valence-electron chi connectivity index (χ1n) is 7.52. The molecular formula is C18H18N2O3. The third-order valence-electron chi connectivity index (χ3n) is 3.67. The van der Waals surface area contributed by atoms with Crippen molar-refractivity contribution in [3.8, 4) is 0 Å². The van der Waals surface area contributed by atoms with Gasteiger partial charge in [0.05, 0.1) is 22.0 Å². The van der Waals surface area contributed by atoms with E-state index in [0.717, 1.165) is 5.56 Å². The summed E-state index contributed by atoms with van der Waals surface area (Å²) in [6.45, 7) is 7.41. The van der Waals surface area contributed by atoms with Gasteiger partial charge in [-0.1, -0.05) is 11.6 Å². The molecule has 0 spiro atoms. The number of hydrogen-bond acceptors (Lipinski definition) is 4. The quantitative estimate of drug-likeness (QED) is 0.738. The molecule has 3 aromatic rings. The number of benzene rings is 1. The highest BCUT2D eigenvalue weighted by Gasteiger charge is 2.16. The molecule has 1 amide bonds. The van der Waals surface area contributed by atoms with Crippen molar-refractivity contribution in [2.75, 3.05) is 0 Å². The molecule has 0 saturated heterocycles. The number of rotatable bonds is 2. The molecule has 23 heavy (non-hydrogen) atoms. The van der Waals surface area contributed by atoms with E-state index in [4.69, 9.17) is 4.42 Å². The lowest BCUT2D eigenvalue weighted by atomic mass is 10.1. The zero-order valence-electron chi connectivity index (χ0n) is 13.6. The van der Waals surface area contributed by atoms with Gasteiger partial charge in [0, 0.05) is 6.04 Å². The zero-order chi connectivity index (χ0) is 16.7. The average Bonchev–Trinajstić information content (AvgIpc) is 2.47. The minimum Gasteiger partial charge on any atom is -0.437 e. The van der Waals surface area contributed by atoms with Gasteiger partial charge in [-0.3, -0.25) is 9.59 Å². The Bertz CT molecular complexity index is 987. The number of nitrogens with zero attached hydrogens (tertiary/aromatic N) is 1. The Hall–Kier alpha value is -2.69. The largest absolute Gasteiger partial charge is 0.437 e. The lowest BCUT2D eigenvalue weighted by Gasteiger charge is -2.11. The second kappa shape index (κ2) is 5.50. The van der Waals surface area contributed by atoms with E-state index in [1.54, 1.807) is 25.1 Å². The Labute approximate surface area is 133 Å². The predicted octanol–water partition coefficient (Wildman–Crippen LogP) is 3.10. The molecule has 0 aliphatic carbocycles. The average molecular weight is 310 g/mol. The third-order valence-corrected chi connectivity index (χ3v) is 3.67. The fraction of sp³-hybridized carbons (Fsp3) is 0.278. The third kappa shape index (κ3) is 2.70. The molecule has 5 heteroatoms. The second-order valence-corrected chi connectivity index (χ2v) is 6.03. The van der Waals surface area contributed by atoms with E-state index in [9.17, 15) is 9.59 Å². The number of carbonyl (C=O) groups excluding carboxylic acids is 1. The van der Waals surface area contributed by atoms with Crippen LogP contribution in [0.1, 0.15) is 35.5 Å². The first-order chi connectivity index (χ1) is 10.9. The van der Waals surface area contributed by atoms with E-state index in [0.29, 0.717) is 27.6 Å². The van der Waals surface area contributed by atoms with Crippen LogP contribution in [0.3, 0.4) is 0 Å². The lowest BCUT2D eigenvalue weighted by molar-refractivity contribution is 0.0942. The van der Waals surface area contributed by atoms with Crippen LogP contribution < -0.4 is 10.7 Å². The number of hydrogen-bond donors (Lipinski definition) is 1. The van der Waals surface area contributed by atoms with Crippen LogP contribution in [0, 0.1) is 13.8 Å². The van der Waals surface area contributed by atoms with Gasteiger partial charge >= 0.3 is 0 Å². The van der Waals surface area contributed by atoms with E-state index in [1.165, 1.54) is 0 Å². The molecule has 0 bridgehead atoms. The van der Waals surface area contributed by atoms with Gasteiger partial charge in [0.15, 0.2) is 0 Å². The van der Waals surface area contributed by atoms with Crippen LogP contribution in [0.15, 0.2) is 33.5 Å². The maximum atomic E-state index is 12.7. The maximum absolute atomic E-state index is 12.7. The normalized spacial score (nSPS) is 11.3. The van der Waals surface area contributed by atoms with Crippen molar-refractivity contribution in [3.63, 3.8) is 0 Å². The van der Waals surface area contributed by atoms with Crippen LogP contribution >= 0.6 is 0 Å². The molecule has 1 aromatic carbocycles. The fourth-order valence-corrected chi connectivity index (χ4v) is 2.55. The van der Waals surface area contributed by atoms with Crippen molar-refractivity contribution in [1.29, 1.82) is 0 Å². The molecule has 0 saturated carbocycles. The number of aryl methyl sites for hydroxylation is 2. The summed E-state index contributed by atoms with van der Waals surface area (Å²) in [6, 6.07) is 7.02. The van der Waals surface area contributed by atoms with E-state index < -0.39 is 0 Å². The molecular weight excluding hydrogens is 292 g/mol. The summed E-state index contributed by atoms with van der Waals surface area (Å²) in [5.41, 5.74) is 2.48. The molecule has 0 aliphatic rings. The molecule has 0 unspecified atom stereocenters. The Kier molecular flexibility index (Phi) is 3.64. The molecule has 0 fully saturated rings. The molecule has 118 valence electrons. The van der Waals surface area contributed by atoms with E-state index >= 15 is 0 Å². The van der Waals surface area contributed by atoms with Gasteiger partial charge in [0.25, 0.3) is 5.91 Å². The maximum Gasteiger partial charge on any atom is 0.253 e. The Balaban J connectivity index is 2.29. The first-order valence-corrected chi connectivity index (χ1v) is 7.52. The van der Waals surface area contributed by atoms with Crippen molar-refractivity contribution in [3.05, 3.63) is 51.3 Å². The molecule has 3 rings (SSSR count). The van der Waals surface area contributed by atoms with Gasteiger partial charge in [-0.2, -0.15) is 0 Å². The second-order valence-electron chi connectivity index (χ2n) is 6.03. The molecule has 0 aliphatic heterocycles. The lowest BCUT2D eigenvalue weighted by Crippen LogP contribution is -2.31. The molecule has 2 aromatic heterocycles. The summed E-state index contributed by atoms with van der Waals surface area (Å²) in [6.07, 6.45) is 0. The van der Waals surface area contributed by atoms with Crippen LogP contribution in [0.2, 0.25) is 0 Å². The minimum absolute atomic E-state index is 0.00765. The highest BCUT2D eigenvalue weighted by atomic mass is 16.3. The smallest absolute Gasteiger partial charge is 0.253 e. The van der Waals surface area contributed by atoms with Crippen LogP contribution in [-0.2, 0) is 0 Å². The van der Waals surface area contributed by atoms with Crippen LogP contribution in [0.25, 0.3) is 22.1 Å². The highest BCUT2D eigenvalue weighted by molar-refractivity contribution is 5.99. The van der Waals surface area contributed by atoms with Crippen molar-refractivity contribution in [1.82, 2.24) is 10.3 Å². The van der Waals surface area contributed by atoms with E-state index in [1.807, 2.05) is 26.8 Å².